The maximum absolute atomic E-state index is 12.1. The summed E-state index contributed by atoms with van der Waals surface area (Å²) >= 11 is 0.320. The Morgan fingerprint density at radius 3 is 1.21 bits per heavy atom. The molecule has 1 saturated heterocycles. The van der Waals surface area contributed by atoms with E-state index in [-0.39, 0.29) is 38.6 Å². The van der Waals surface area contributed by atoms with Gasteiger partial charge in [0.2, 0.25) is 0 Å². The third kappa shape index (κ3) is 7.86. The second-order valence-corrected chi connectivity index (χ2v) is 19.3. The van der Waals surface area contributed by atoms with E-state index in [1.807, 2.05) is 12.1 Å². The smallest absolute Gasteiger partial charge is 1.00 e. The van der Waals surface area contributed by atoms with Gasteiger partial charge in [0.15, 0.2) is 0 Å². The van der Waals surface area contributed by atoms with Gasteiger partial charge >= 0.3 is 315 Å². The molecule has 0 bridgehead atoms. The molecule has 1 heterocycles. The molecule has 1 saturated carbocycles. The standard InChI is InChI=1S/C46H58N2O2.BrH.Mn/c1-43(2,3)35-25-31(41(49)37(27-35)45(7,8)33-19-13-11-14-20-33)29-47-39-23-17-18-24-40(39)48-30-32-26-36(44(4,5)6)28-38(42(32)50)46(9,10)34-21-15-12-16-22-34;;/h11-16,19-22,25-30,39-40,49-50H,17-18,23-24H2,1-10H3;1H;/q;;+2/p-1/t39-,40-;;/m1../s1. The molecule has 6 rings (SSSR count). The van der Waals surface area contributed by atoms with Gasteiger partial charge in [0.25, 0.3) is 0 Å². The zero-order valence-electron chi connectivity index (χ0n) is 32.8. The van der Waals surface area contributed by atoms with Gasteiger partial charge in [-0.2, -0.15) is 0 Å². The molecule has 2 atom stereocenters. The van der Waals surface area contributed by atoms with Crippen LogP contribution in [-0.2, 0) is 37.1 Å². The summed E-state index contributed by atoms with van der Waals surface area (Å²) in [5, 5.41) is 24.1. The fourth-order valence-electron chi connectivity index (χ4n) is 7.73. The van der Waals surface area contributed by atoms with Crippen LogP contribution >= 0.6 is 0 Å². The number of rotatable bonds is 6. The van der Waals surface area contributed by atoms with Gasteiger partial charge in [-0.25, -0.2) is 0 Å². The molecule has 1 aliphatic heterocycles. The van der Waals surface area contributed by atoms with Crippen molar-refractivity contribution in [1.82, 2.24) is 0 Å². The van der Waals surface area contributed by atoms with Crippen molar-refractivity contribution >= 4 is 12.4 Å². The third-order valence-corrected chi connectivity index (χ3v) is 13.0. The van der Waals surface area contributed by atoms with Gasteiger partial charge in [0, 0.05) is 0 Å². The number of hydrogen-bond donors (Lipinski definition) is 2. The molecule has 0 amide bonds. The van der Waals surface area contributed by atoms with Crippen LogP contribution in [0, 0.1) is 0 Å². The maximum atomic E-state index is 12.1. The zero-order valence-corrected chi connectivity index (χ0v) is 35.5. The predicted octanol–water partition coefficient (Wildman–Crippen LogP) is 7.15. The number of phenolic OH excluding ortho intramolecular Hbond substituents is 2. The quantitative estimate of drug-likeness (QED) is 0.204. The molecule has 4 aromatic carbocycles. The number of aromatic hydroxyl groups is 2. The van der Waals surface area contributed by atoms with Crippen LogP contribution in [0.3, 0.4) is 0 Å². The minimum absolute atomic E-state index is 0. The summed E-state index contributed by atoms with van der Waals surface area (Å²) in [5.74, 6) is 0.723. The summed E-state index contributed by atoms with van der Waals surface area (Å²) in [5.41, 5.74) is 7.54. The topological polar surface area (TPSA) is 46.5 Å². The fraction of sp³-hybridized carbons (Fsp3) is 0.435. The van der Waals surface area contributed by atoms with Crippen LogP contribution in [0.15, 0.2) is 84.9 Å². The van der Waals surface area contributed by atoms with Crippen LogP contribution in [0.2, 0.25) is 0 Å². The molecule has 0 radical (unpaired) electrons. The Labute approximate surface area is 330 Å². The normalized spacial score (nSPS) is 19.8. The number of benzene rings is 4. The van der Waals surface area contributed by atoms with Gasteiger partial charge in [0.1, 0.15) is 0 Å². The summed E-state index contributed by atoms with van der Waals surface area (Å²) in [7, 11) is 0. The summed E-state index contributed by atoms with van der Waals surface area (Å²) < 4.78 is 4.98. The molecule has 1 aliphatic carbocycles. The van der Waals surface area contributed by atoms with E-state index < -0.39 is 0 Å². The van der Waals surface area contributed by atoms with Crippen molar-refractivity contribution < 1.29 is 49.8 Å². The average Bonchev–Trinajstić information content (AvgIpc) is 3.42. The van der Waals surface area contributed by atoms with E-state index in [0.29, 0.717) is 39.0 Å². The molecule has 277 valence electrons. The van der Waals surface area contributed by atoms with E-state index in [9.17, 15) is 10.2 Å². The molecule has 2 aliphatic rings. The Hall–Kier alpha value is -3.18. The molecular weight excluding hydrogens is 747 g/mol. The van der Waals surface area contributed by atoms with E-state index in [1.54, 1.807) is 0 Å². The van der Waals surface area contributed by atoms with Gasteiger partial charge in [-0.3, -0.25) is 0 Å². The number of fused-ring (bicyclic) bond motifs is 1. The van der Waals surface area contributed by atoms with Crippen LogP contribution in [0.1, 0.15) is 139 Å². The Kier molecular flexibility index (Phi) is 11.5. The van der Waals surface area contributed by atoms with Gasteiger partial charge in [0.05, 0.1) is 0 Å². The molecule has 52 heavy (non-hydrogen) atoms. The summed E-state index contributed by atoms with van der Waals surface area (Å²) in [4.78, 5) is 0. The van der Waals surface area contributed by atoms with Gasteiger partial charge in [-0.15, -0.1) is 0 Å². The average molecular weight is 806 g/mol. The van der Waals surface area contributed by atoms with E-state index >= 15 is 0 Å². The molecule has 0 unspecified atom stereocenters. The Balaban J connectivity index is 0.00000523. The first-order valence-corrected chi connectivity index (χ1v) is 19.7. The van der Waals surface area contributed by atoms with Crippen LogP contribution in [0.5, 0.6) is 11.5 Å². The molecule has 4 aromatic rings. The Morgan fingerprint density at radius 1 is 0.538 bits per heavy atom. The van der Waals surface area contributed by atoms with E-state index in [1.165, 1.54) is 35.1 Å². The first kappa shape index (κ1) is 40.0. The fourth-order valence-corrected chi connectivity index (χ4v) is 9.57. The zero-order chi connectivity index (χ0) is 36.9. The van der Waals surface area contributed by atoms with Gasteiger partial charge in [-0.1, -0.05) is 0 Å². The molecule has 2 N–H and O–H groups in total. The monoisotopic (exact) mass is 804 g/mol. The van der Waals surface area contributed by atoms with Gasteiger partial charge < -0.3 is 17.0 Å². The molecule has 0 aromatic heterocycles. The molecule has 0 spiro atoms. The molecule has 4 nitrogen and oxygen atoms in total. The number of halogens is 1. The third-order valence-electron chi connectivity index (χ3n) is 11.4. The number of hydrogen-bond acceptors (Lipinski definition) is 2. The van der Waals surface area contributed by atoms with E-state index in [4.69, 9.17) is 0 Å². The number of nitrogens with zero attached hydrogens (tertiary/aromatic N) is 2. The Bertz CT molecular complexity index is 1820. The molecular formula is C46H58BrMnN2O2+. The maximum Gasteiger partial charge on any atom is -1.00 e. The van der Waals surface area contributed by atoms with Crippen LogP contribution < -0.4 is 17.0 Å². The predicted molar refractivity (Wildman–Crippen MR) is 208 cm³/mol. The van der Waals surface area contributed by atoms with E-state index in [2.05, 4.69) is 162 Å². The van der Waals surface area contributed by atoms with Crippen molar-refractivity contribution in [2.75, 3.05) is 0 Å². The van der Waals surface area contributed by atoms with Crippen LogP contribution in [0.4, 0.5) is 0 Å². The van der Waals surface area contributed by atoms with Crippen molar-refractivity contribution in [3.8, 4) is 11.5 Å². The van der Waals surface area contributed by atoms with Crippen LogP contribution in [0.25, 0.3) is 0 Å². The molecule has 2 fully saturated rings. The Morgan fingerprint density at radius 2 is 0.885 bits per heavy atom. The van der Waals surface area contributed by atoms with Crippen molar-refractivity contribution in [1.29, 1.82) is 0 Å². The van der Waals surface area contributed by atoms with Crippen molar-refractivity contribution in [3.05, 3.63) is 129 Å². The molecule has 6 heteroatoms. The van der Waals surface area contributed by atoms with Crippen molar-refractivity contribution in [2.45, 2.75) is 129 Å². The number of phenols is 2. The largest absolute Gasteiger partial charge is 1.00 e. The minimum Gasteiger partial charge on any atom is -1.00 e. The second kappa shape index (κ2) is 14.9. The first-order chi connectivity index (χ1) is 23.9. The van der Waals surface area contributed by atoms with Crippen molar-refractivity contribution in [2.24, 2.45) is 0 Å². The SMILES string of the molecule is CC(C)(C)c1cc(C=[N+]2[Mn][N+](=Cc3cc(C(C)(C)C)cc(C(C)(C)c4ccccc4)c3O)[C@@H]3CCCC[C@H]32)c(O)c(C(C)(C)c2ccccc2)c1.[Br-]. The minimum atomic E-state index is -0.378. The van der Waals surface area contributed by atoms with Crippen molar-refractivity contribution in [3.63, 3.8) is 0 Å². The summed E-state index contributed by atoms with van der Waals surface area (Å²) in [6, 6.07) is 30.6. The van der Waals surface area contributed by atoms with E-state index in [0.717, 1.165) is 35.1 Å². The van der Waals surface area contributed by atoms with Crippen LogP contribution in [-0.4, -0.2) is 41.9 Å². The first-order valence-electron chi connectivity index (χ1n) is 18.7. The summed E-state index contributed by atoms with van der Waals surface area (Å²) in [6.45, 7) is 22.4. The summed E-state index contributed by atoms with van der Waals surface area (Å²) in [6.07, 6.45) is 9.10. The second-order valence-electron chi connectivity index (χ2n) is 17.8. The van der Waals surface area contributed by atoms with Gasteiger partial charge in [-0.05, 0) is 0 Å².